The molecule has 2 heterocycles. The predicted molar refractivity (Wildman–Crippen MR) is 61.2 cm³/mol. The fraction of sp³-hybridized carbons (Fsp3) is 0.333. The van der Waals surface area contributed by atoms with Gasteiger partial charge in [-0.1, -0.05) is 0 Å². The lowest BCUT2D eigenvalue weighted by atomic mass is 10.5. The van der Waals surface area contributed by atoms with E-state index < -0.39 is 11.2 Å². The number of rotatable bonds is 2. The zero-order valence-corrected chi connectivity index (χ0v) is 9.71. The topological polar surface area (TPSA) is 86.7 Å². The van der Waals surface area contributed by atoms with E-state index in [4.69, 9.17) is 0 Å². The molecule has 0 aliphatic rings. The van der Waals surface area contributed by atoms with Gasteiger partial charge in [0, 0.05) is 27.3 Å². The van der Waals surface area contributed by atoms with Gasteiger partial charge in [0.25, 0.3) is 5.56 Å². The second-order valence-corrected chi connectivity index (χ2v) is 3.65. The van der Waals surface area contributed by atoms with Crippen LogP contribution in [-0.4, -0.2) is 24.1 Å². The summed E-state index contributed by atoms with van der Waals surface area (Å²) in [6, 6.07) is 0. The minimum atomic E-state index is -0.475. The standard InChI is InChI=1S/C9H12N6O2/c1-13-5-6(4-10-13)11-7-8(16)14(2)9(17)15(3)12-7/h4-5H,1-3H3,(H,11,12). The lowest BCUT2D eigenvalue weighted by molar-refractivity contribution is 0.606. The third-order valence-electron chi connectivity index (χ3n) is 2.29. The first-order valence-corrected chi connectivity index (χ1v) is 4.89. The SMILES string of the molecule is Cn1cc(Nc2nn(C)c(=O)n(C)c2=O)cn1. The smallest absolute Gasteiger partial charge is 0.332 e. The second-order valence-electron chi connectivity index (χ2n) is 3.65. The Bertz CT molecular complexity index is 665. The molecule has 0 amide bonds. The molecule has 8 nitrogen and oxygen atoms in total. The van der Waals surface area contributed by atoms with Crippen LogP contribution in [-0.2, 0) is 21.1 Å². The van der Waals surface area contributed by atoms with Crippen molar-refractivity contribution in [1.82, 2.24) is 24.1 Å². The zero-order chi connectivity index (χ0) is 12.6. The largest absolute Gasteiger partial charge is 0.346 e. The molecule has 0 aliphatic carbocycles. The monoisotopic (exact) mass is 236 g/mol. The highest BCUT2D eigenvalue weighted by atomic mass is 16.2. The van der Waals surface area contributed by atoms with E-state index in [9.17, 15) is 9.59 Å². The summed E-state index contributed by atoms with van der Waals surface area (Å²) in [6.07, 6.45) is 3.26. The van der Waals surface area contributed by atoms with Gasteiger partial charge in [-0.3, -0.25) is 14.0 Å². The fourth-order valence-corrected chi connectivity index (χ4v) is 1.40. The van der Waals surface area contributed by atoms with Crippen LogP contribution in [0.4, 0.5) is 11.5 Å². The summed E-state index contributed by atoms with van der Waals surface area (Å²) in [7, 11) is 4.65. The van der Waals surface area contributed by atoms with Crippen molar-refractivity contribution in [2.24, 2.45) is 21.1 Å². The molecule has 0 aliphatic heterocycles. The number of hydrogen-bond donors (Lipinski definition) is 1. The van der Waals surface area contributed by atoms with Gasteiger partial charge in [-0.25, -0.2) is 9.48 Å². The molecule has 0 fully saturated rings. The van der Waals surface area contributed by atoms with Gasteiger partial charge in [-0.05, 0) is 0 Å². The lowest BCUT2D eigenvalue weighted by Crippen LogP contribution is -2.39. The van der Waals surface area contributed by atoms with Gasteiger partial charge in [-0.2, -0.15) is 5.10 Å². The highest BCUT2D eigenvalue weighted by Gasteiger charge is 2.09. The summed E-state index contributed by atoms with van der Waals surface area (Å²) in [6.45, 7) is 0. The van der Waals surface area contributed by atoms with Crippen LogP contribution in [0.2, 0.25) is 0 Å². The molecule has 90 valence electrons. The Kier molecular flexibility index (Phi) is 2.54. The number of aryl methyl sites for hydroxylation is 2. The summed E-state index contributed by atoms with van der Waals surface area (Å²) in [5.41, 5.74) is -0.306. The molecule has 1 N–H and O–H groups in total. The highest BCUT2D eigenvalue weighted by molar-refractivity contribution is 5.52. The number of anilines is 2. The summed E-state index contributed by atoms with van der Waals surface area (Å²) in [4.78, 5) is 23.2. The van der Waals surface area contributed by atoms with Crippen LogP contribution < -0.4 is 16.6 Å². The summed E-state index contributed by atoms with van der Waals surface area (Å²) < 4.78 is 3.68. The van der Waals surface area contributed by atoms with Gasteiger partial charge >= 0.3 is 5.69 Å². The molecule has 2 rings (SSSR count). The van der Waals surface area contributed by atoms with Crippen molar-refractivity contribution in [3.8, 4) is 0 Å². The predicted octanol–water partition coefficient (Wildman–Crippen LogP) is -1.04. The molecule has 8 heteroatoms. The van der Waals surface area contributed by atoms with Crippen LogP contribution in [0.3, 0.4) is 0 Å². The Hall–Kier alpha value is -2.38. The summed E-state index contributed by atoms with van der Waals surface area (Å²) in [5, 5.41) is 10.6. The molecule has 0 saturated carbocycles. The van der Waals surface area contributed by atoms with Crippen molar-refractivity contribution in [3.05, 3.63) is 33.2 Å². The van der Waals surface area contributed by atoms with E-state index in [1.165, 1.54) is 14.1 Å². The van der Waals surface area contributed by atoms with E-state index >= 15 is 0 Å². The van der Waals surface area contributed by atoms with E-state index in [1.54, 1.807) is 24.1 Å². The van der Waals surface area contributed by atoms with Crippen LogP contribution in [0.1, 0.15) is 0 Å². The molecule has 2 aromatic heterocycles. The normalized spacial score (nSPS) is 10.5. The molecule has 0 bridgehead atoms. The van der Waals surface area contributed by atoms with Gasteiger partial charge in [0.15, 0.2) is 0 Å². The van der Waals surface area contributed by atoms with Crippen LogP contribution in [0, 0.1) is 0 Å². The molecule has 0 radical (unpaired) electrons. The third-order valence-corrected chi connectivity index (χ3v) is 2.29. The zero-order valence-electron chi connectivity index (χ0n) is 9.71. The molecule has 0 aromatic carbocycles. The Morgan fingerprint density at radius 1 is 1.24 bits per heavy atom. The highest BCUT2D eigenvalue weighted by Crippen LogP contribution is 2.07. The number of hydrogen-bond acceptors (Lipinski definition) is 5. The summed E-state index contributed by atoms with van der Waals surface area (Å²) >= 11 is 0. The Labute approximate surface area is 96.1 Å². The number of aromatic nitrogens is 5. The van der Waals surface area contributed by atoms with Crippen molar-refractivity contribution in [3.63, 3.8) is 0 Å². The summed E-state index contributed by atoms with van der Waals surface area (Å²) in [5.74, 6) is 0.0857. The first-order chi connectivity index (χ1) is 7.99. The molecule has 0 unspecified atom stereocenters. The van der Waals surface area contributed by atoms with E-state index in [2.05, 4.69) is 15.5 Å². The van der Waals surface area contributed by atoms with Crippen LogP contribution in [0.5, 0.6) is 0 Å². The molecule has 0 atom stereocenters. The van der Waals surface area contributed by atoms with Crippen molar-refractivity contribution >= 4 is 11.5 Å². The van der Waals surface area contributed by atoms with E-state index in [-0.39, 0.29) is 5.82 Å². The molecular weight excluding hydrogens is 224 g/mol. The fourth-order valence-electron chi connectivity index (χ4n) is 1.40. The van der Waals surface area contributed by atoms with E-state index in [1.807, 2.05) is 0 Å². The van der Waals surface area contributed by atoms with E-state index in [0.717, 1.165) is 9.25 Å². The van der Waals surface area contributed by atoms with Crippen molar-refractivity contribution in [2.75, 3.05) is 5.32 Å². The van der Waals surface area contributed by atoms with Crippen LogP contribution >= 0.6 is 0 Å². The second kappa shape index (κ2) is 3.89. The minimum Gasteiger partial charge on any atom is -0.332 e. The van der Waals surface area contributed by atoms with Gasteiger partial charge < -0.3 is 5.32 Å². The van der Waals surface area contributed by atoms with Crippen molar-refractivity contribution in [1.29, 1.82) is 0 Å². The average Bonchev–Trinajstić information content (AvgIpc) is 2.69. The Balaban J connectivity index is 2.47. The van der Waals surface area contributed by atoms with Gasteiger partial charge in [0.05, 0.1) is 11.9 Å². The van der Waals surface area contributed by atoms with Crippen LogP contribution in [0.15, 0.2) is 22.0 Å². The molecule has 0 saturated heterocycles. The Morgan fingerprint density at radius 2 is 1.94 bits per heavy atom. The van der Waals surface area contributed by atoms with Crippen molar-refractivity contribution < 1.29 is 0 Å². The van der Waals surface area contributed by atoms with Gasteiger partial charge in [-0.15, -0.1) is 5.10 Å². The molecule has 0 spiro atoms. The van der Waals surface area contributed by atoms with Crippen molar-refractivity contribution in [2.45, 2.75) is 0 Å². The number of nitrogens with zero attached hydrogens (tertiary/aromatic N) is 5. The first kappa shape index (κ1) is 11.1. The van der Waals surface area contributed by atoms with Gasteiger partial charge in [0.2, 0.25) is 5.82 Å². The minimum absolute atomic E-state index is 0.0857. The lowest BCUT2D eigenvalue weighted by Gasteiger charge is -2.05. The van der Waals surface area contributed by atoms with Crippen LogP contribution in [0.25, 0.3) is 0 Å². The maximum atomic E-state index is 11.8. The maximum absolute atomic E-state index is 11.8. The number of nitrogens with one attached hydrogen (secondary N) is 1. The Morgan fingerprint density at radius 3 is 2.53 bits per heavy atom. The third kappa shape index (κ3) is 1.96. The average molecular weight is 236 g/mol. The molecular formula is C9H12N6O2. The first-order valence-electron chi connectivity index (χ1n) is 4.89. The van der Waals surface area contributed by atoms with Gasteiger partial charge in [0.1, 0.15) is 0 Å². The molecule has 2 aromatic rings. The maximum Gasteiger partial charge on any atom is 0.346 e. The molecule has 17 heavy (non-hydrogen) atoms. The van der Waals surface area contributed by atoms with E-state index in [0.29, 0.717) is 5.69 Å². The quantitative estimate of drug-likeness (QED) is 0.719.